The van der Waals surface area contributed by atoms with E-state index in [0.29, 0.717) is 5.56 Å². The van der Waals surface area contributed by atoms with Gasteiger partial charge in [-0.15, -0.1) is 0 Å². The van der Waals surface area contributed by atoms with Gasteiger partial charge in [0.2, 0.25) is 0 Å². The maximum Gasteiger partial charge on any atom is 0.325 e. The number of phenols is 1. The number of hydrogen-bond acceptors (Lipinski definition) is 3. The van der Waals surface area contributed by atoms with Crippen molar-refractivity contribution in [3.8, 4) is 5.75 Å². The first-order valence-corrected chi connectivity index (χ1v) is 6.78. The van der Waals surface area contributed by atoms with Crippen LogP contribution in [-0.4, -0.2) is 22.2 Å². The van der Waals surface area contributed by atoms with E-state index in [-0.39, 0.29) is 11.8 Å². The Kier molecular flexibility index (Phi) is 4.10. The number of carbonyl (C=O) groups is 1. The second-order valence-electron chi connectivity index (χ2n) is 5.42. The van der Waals surface area contributed by atoms with E-state index in [1.54, 1.807) is 26.0 Å². The monoisotopic (exact) mass is 263 g/mol. The van der Waals surface area contributed by atoms with Gasteiger partial charge in [-0.1, -0.05) is 25.0 Å². The number of rotatable bonds is 4. The number of aryl methyl sites for hydroxylation is 2. The molecule has 4 nitrogen and oxygen atoms in total. The van der Waals surface area contributed by atoms with E-state index < -0.39 is 12.0 Å². The molecule has 1 fully saturated rings. The van der Waals surface area contributed by atoms with Crippen LogP contribution >= 0.6 is 0 Å². The van der Waals surface area contributed by atoms with E-state index in [1.165, 1.54) is 0 Å². The Morgan fingerprint density at radius 1 is 1.26 bits per heavy atom. The molecule has 1 saturated carbocycles. The lowest BCUT2D eigenvalue weighted by atomic mass is 9.99. The fraction of sp³-hybridized carbons (Fsp3) is 0.533. The lowest BCUT2D eigenvalue weighted by molar-refractivity contribution is -0.139. The highest BCUT2D eigenvalue weighted by Crippen LogP contribution is 2.28. The van der Waals surface area contributed by atoms with Crippen LogP contribution in [0.25, 0.3) is 0 Å². The Labute approximate surface area is 113 Å². The SMILES string of the molecule is Cc1cc(C(NC2CCCC2)C(=O)O)cc(C)c1O. The van der Waals surface area contributed by atoms with Gasteiger partial charge >= 0.3 is 5.97 Å². The van der Waals surface area contributed by atoms with Gasteiger partial charge in [0.05, 0.1) is 0 Å². The second kappa shape index (κ2) is 5.61. The number of carboxylic acids is 1. The summed E-state index contributed by atoms with van der Waals surface area (Å²) >= 11 is 0. The van der Waals surface area contributed by atoms with Crippen LogP contribution in [0.4, 0.5) is 0 Å². The Bertz CT molecular complexity index is 455. The Hall–Kier alpha value is -1.55. The maximum atomic E-state index is 11.5. The molecule has 0 saturated heterocycles. The molecular formula is C15H21NO3. The van der Waals surface area contributed by atoms with Crippen molar-refractivity contribution in [3.05, 3.63) is 28.8 Å². The summed E-state index contributed by atoms with van der Waals surface area (Å²) in [5.41, 5.74) is 2.15. The average Bonchev–Trinajstić information content (AvgIpc) is 2.85. The molecule has 0 heterocycles. The van der Waals surface area contributed by atoms with Crippen LogP contribution in [0.15, 0.2) is 12.1 Å². The second-order valence-corrected chi connectivity index (χ2v) is 5.42. The third-order valence-electron chi connectivity index (χ3n) is 3.85. The average molecular weight is 263 g/mol. The van der Waals surface area contributed by atoms with Gasteiger partial charge in [0.1, 0.15) is 11.8 Å². The van der Waals surface area contributed by atoms with Crippen molar-refractivity contribution in [1.29, 1.82) is 0 Å². The van der Waals surface area contributed by atoms with Crippen molar-refractivity contribution in [3.63, 3.8) is 0 Å². The first-order valence-electron chi connectivity index (χ1n) is 6.78. The number of nitrogens with one attached hydrogen (secondary N) is 1. The predicted molar refractivity (Wildman–Crippen MR) is 73.3 cm³/mol. The number of benzene rings is 1. The molecule has 3 N–H and O–H groups in total. The van der Waals surface area contributed by atoms with Crippen LogP contribution in [0.1, 0.15) is 48.4 Å². The molecule has 0 aliphatic heterocycles. The summed E-state index contributed by atoms with van der Waals surface area (Å²) in [4.78, 5) is 11.5. The molecule has 104 valence electrons. The quantitative estimate of drug-likeness (QED) is 0.781. The number of aromatic hydroxyl groups is 1. The smallest absolute Gasteiger partial charge is 0.325 e. The zero-order chi connectivity index (χ0) is 14.0. The molecule has 1 aromatic rings. The van der Waals surface area contributed by atoms with Gasteiger partial charge in [0.25, 0.3) is 0 Å². The summed E-state index contributed by atoms with van der Waals surface area (Å²) in [6.45, 7) is 3.58. The van der Waals surface area contributed by atoms with Crippen molar-refractivity contribution in [2.24, 2.45) is 0 Å². The van der Waals surface area contributed by atoms with Crippen molar-refractivity contribution in [2.45, 2.75) is 51.6 Å². The normalized spacial score (nSPS) is 17.6. The Morgan fingerprint density at radius 3 is 2.26 bits per heavy atom. The summed E-state index contributed by atoms with van der Waals surface area (Å²) in [7, 11) is 0. The van der Waals surface area contributed by atoms with Gasteiger partial charge in [0.15, 0.2) is 0 Å². The fourth-order valence-electron chi connectivity index (χ4n) is 2.79. The van der Waals surface area contributed by atoms with Crippen molar-refractivity contribution < 1.29 is 15.0 Å². The highest BCUT2D eigenvalue weighted by molar-refractivity contribution is 5.76. The lowest BCUT2D eigenvalue weighted by Gasteiger charge is -2.21. The minimum atomic E-state index is -0.864. The van der Waals surface area contributed by atoms with Crippen LogP contribution in [0.5, 0.6) is 5.75 Å². The van der Waals surface area contributed by atoms with Crippen molar-refractivity contribution in [2.75, 3.05) is 0 Å². The maximum absolute atomic E-state index is 11.5. The molecule has 1 aliphatic rings. The van der Waals surface area contributed by atoms with E-state index >= 15 is 0 Å². The minimum absolute atomic E-state index is 0.244. The third kappa shape index (κ3) is 3.07. The highest BCUT2D eigenvalue weighted by atomic mass is 16.4. The fourth-order valence-corrected chi connectivity index (χ4v) is 2.79. The lowest BCUT2D eigenvalue weighted by Crippen LogP contribution is -2.35. The van der Waals surface area contributed by atoms with E-state index in [0.717, 1.165) is 36.8 Å². The predicted octanol–water partition coefficient (Wildman–Crippen LogP) is 2.67. The van der Waals surface area contributed by atoms with E-state index in [1.807, 2.05) is 0 Å². The number of hydrogen-bond donors (Lipinski definition) is 3. The molecular weight excluding hydrogens is 242 g/mol. The summed E-state index contributed by atoms with van der Waals surface area (Å²) in [5, 5.41) is 22.4. The first kappa shape index (κ1) is 13.9. The van der Waals surface area contributed by atoms with Crippen molar-refractivity contribution in [1.82, 2.24) is 5.32 Å². The molecule has 1 unspecified atom stereocenters. The minimum Gasteiger partial charge on any atom is -0.507 e. The third-order valence-corrected chi connectivity index (χ3v) is 3.85. The zero-order valence-corrected chi connectivity index (χ0v) is 11.4. The van der Waals surface area contributed by atoms with Gasteiger partial charge in [0, 0.05) is 6.04 Å². The molecule has 0 bridgehead atoms. The Balaban J connectivity index is 2.25. The first-order chi connectivity index (χ1) is 8.99. The largest absolute Gasteiger partial charge is 0.507 e. The number of aliphatic carboxylic acids is 1. The van der Waals surface area contributed by atoms with Gasteiger partial charge in [-0.05, 0) is 43.4 Å². The molecule has 4 heteroatoms. The van der Waals surface area contributed by atoms with Crippen molar-refractivity contribution >= 4 is 5.97 Å². The van der Waals surface area contributed by atoms with Gasteiger partial charge in [-0.25, -0.2) is 0 Å². The molecule has 1 aromatic carbocycles. The van der Waals surface area contributed by atoms with E-state index in [2.05, 4.69) is 5.32 Å². The Morgan fingerprint density at radius 2 is 1.79 bits per heavy atom. The van der Waals surface area contributed by atoms with E-state index in [9.17, 15) is 15.0 Å². The molecule has 1 atom stereocenters. The standard InChI is InChI=1S/C15H21NO3/c1-9-7-11(8-10(2)14(9)17)13(15(18)19)16-12-5-3-4-6-12/h7-8,12-13,16-17H,3-6H2,1-2H3,(H,18,19). The topological polar surface area (TPSA) is 69.6 Å². The summed E-state index contributed by atoms with van der Waals surface area (Å²) in [6, 6.07) is 3.10. The van der Waals surface area contributed by atoms with Gasteiger partial charge in [-0.2, -0.15) is 0 Å². The molecule has 1 aliphatic carbocycles. The summed E-state index contributed by atoms with van der Waals surface area (Å²) < 4.78 is 0. The van der Waals surface area contributed by atoms with Crippen LogP contribution in [0, 0.1) is 13.8 Å². The molecule has 0 radical (unpaired) electrons. The molecule has 0 aromatic heterocycles. The number of carboxylic acid groups (broad SMARTS) is 1. The van der Waals surface area contributed by atoms with Gasteiger partial charge < -0.3 is 10.2 Å². The zero-order valence-electron chi connectivity index (χ0n) is 11.4. The van der Waals surface area contributed by atoms with E-state index in [4.69, 9.17) is 0 Å². The summed E-state index contributed by atoms with van der Waals surface area (Å²) in [6.07, 6.45) is 4.41. The molecule has 0 spiro atoms. The molecule has 2 rings (SSSR count). The molecule has 0 amide bonds. The van der Waals surface area contributed by atoms with Crippen LogP contribution in [-0.2, 0) is 4.79 Å². The van der Waals surface area contributed by atoms with Crippen LogP contribution in [0.3, 0.4) is 0 Å². The highest BCUT2D eigenvalue weighted by Gasteiger charge is 2.26. The number of phenolic OH excluding ortho intramolecular Hbond substituents is 1. The molecule has 19 heavy (non-hydrogen) atoms. The van der Waals surface area contributed by atoms with Gasteiger partial charge in [-0.3, -0.25) is 10.1 Å². The summed E-state index contributed by atoms with van der Waals surface area (Å²) in [5.74, 6) is -0.620. The van der Waals surface area contributed by atoms with Crippen LogP contribution in [0.2, 0.25) is 0 Å². The van der Waals surface area contributed by atoms with Crippen LogP contribution < -0.4 is 5.32 Å².